The van der Waals surface area contributed by atoms with Crippen molar-refractivity contribution in [2.45, 2.75) is 82.3 Å². The lowest BCUT2D eigenvalue weighted by atomic mass is 9.83. The zero-order valence-corrected chi connectivity index (χ0v) is 13.2. The SMILES string of the molecule is NC1CCCC(CCC(=O)NC2CCN3CCCCC23)C1. The number of fused-ring (bicyclic) bond motifs is 1. The Bertz CT molecular complexity index is 360. The molecule has 2 saturated heterocycles. The molecule has 1 saturated carbocycles. The predicted molar refractivity (Wildman–Crippen MR) is 84.9 cm³/mol. The van der Waals surface area contributed by atoms with Crippen LogP contribution in [0.15, 0.2) is 0 Å². The highest BCUT2D eigenvalue weighted by Gasteiger charge is 2.36. The summed E-state index contributed by atoms with van der Waals surface area (Å²) >= 11 is 0. The van der Waals surface area contributed by atoms with Crippen molar-refractivity contribution in [3.63, 3.8) is 0 Å². The Hall–Kier alpha value is -0.610. The van der Waals surface area contributed by atoms with E-state index < -0.39 is 0 Å². The fourth-order valence-corrected chi connectivity index (χ4v) is 4.62. The molecule has 4 atom stereocenters. The van der Waals surface area contributed by atoms with E-state index >= 15 is 0 Å². The molecule has 0 spiro atoms. The van der Waals surface area contributed by atoms with Crippen molar-refractivity contribution in [1.82, 2.24) is 10.2 Å². The van der Waals surface area contributed by atoms with Crippen LogP contribution in [-0.4, -0.2) is 42.0 Å². The second-order valence-electron chi connectivity index (χ2n) is 7.39. The minimum atomic E-state index is 0.270. The van der Waals surface area contributed by atoms with E-state index in [1.807, 2.05) is 0 Å². The molecule has 4 nitrogen and oxygen atoms in total. The Morgan fingerprint density at radius 1 is 1.10 bits per heavy atom. The summed E-state index contributed by atoms with van der Waals surface area (Å²) in [4.78, 5) is 14.8. The van der Waals surface area contributed by atoms with Crippen LogP contribution in [0.3, 0.4) is 0 Å². The van der Waals surface area contributed by atoms with Gasteiger partial charge in [0.25, 0.3) is 0 Å². The van der Waals surface area contributed by atoms with Crippen LogP contribution in [0.2, 0.25) is 0 Å². The molecule has 1 aliphatic carbocycles. The third-order valence-electron chi connectivity index (χ3n) is 5.81. The van der Waals surface area contributed by atoms with Crippen molar-refractivity contribution < 1.29 is 4.79 Å². The maximum absolute atomic E-state index is 12.2. The number of carbonyl (C=O) groups is 1. The molecule has 3 rings (SSSR count). The summed E-state index contributed by atoms with van der Waals surface area (Å²) in [5.74, 6) is 0.945. The molecule has 3 aliphatic rings. The fourth-order valence-electron chi connectivity index (χ4n) is 4.62. The lowest BCUT2D eigenvalue weighted by molar-refractivity contribution is -0.122. The molecule has 0 bridgehead atoms. The van der Waals surface area contributed by atoms with Crippen LogP contribution in [0.5, 0.6) is 0 Å². The molecule has 2 aliphatic heterocycles. The van der Waals surface area contributed by atoms with Gasteiger partial charge in [-0.05, 0) is 51.0 Å². The normalized spacial score (nSPS) is 37.2. The molecule has 3 N–H and O–H groups in total. The topological polar surface area (TPSA) is 58.4 Å². The number of piperidine rings is 1. The summed E-state index contributed by atoms with van der Waals surface area (Å²) in [7, 11) is 0. The van der Waals surface area contributed by atoms with E-state index in [9.17, 15) is 4.79 Å². The molecule has 0 aromatic rings. The van der Waals surface area contributed by atoms with E-state index in [4.69, 9.17) is 5.73 Å². The van der Waals surface area contributed by atoms with Crippen LogP contribution in [-0.2, 0) is 4.79 Å². The largest absolute Gasteiger partial charge is 0.352 e. The van der Waals surface area contributed by atoms with E-state index in [2.05, 4.69) is 10.2 Å². The van der Waals surface area contributed by atoms with Crippen LogP contribution < -0.4 is 11.1 Å². The van der Waals surface area contributed by atoms with Gasteiger partial charge in [-0.2, -0.15) is 0 Å². The Balaban J connectivity index is 1.40. The van der Waals surface area contributed by atoms with Crippen LogP contribution in [0.25, 0.3) is 0 Å². The molecule has 0 radical (unpaired) electrons. The van der Waals surface area contributed by atoms with Crippen molar-refractivity contribution in [2.75, 3.05) is 13.1 Å². The summed E-state index contributed by atoms with van der Waals surface area (Å²) < 4.78 is 0. The molecule has 1 amide bonds. The van der Waals surface area contributed by atoms with E-state index in [0.29, 0.717) is 30.5 Å². The molecule has 120 valence electrons. The molecule has 4 unspecified atom stereocenters. The molecule has 4 heteroatoms. The van der Waals surface area contributed by atoms with E-state index in [1.54, 1.807) is 0 Å². The minimum Gasteiger partial charge on any atom is -0.352 e. The highest BCUT2D eigenvalue weighted by atomic mass is 16.1. The Kier molecular flexibility index (Phi) is 5.17. The second kappa shape index (κ2) is 7.10. The first-order chi connectivity index (χ1) is 10.2. The van der Waals surface area contributed by atoms with Crippen LogP contribution >= 0.6 is 0 Å². The zero-order chi connectivity index (χ0) is 14.7. The van der Waals surface area contributed by atoms with Gasteiger partial charge >= 0.3 is 0 Å². The summed E-state index contributed by atoms with van der Waals surface area (Å²) in [6.07, 6.45) is 11.6. The number of rotatable bonds is 4. The molecule has 0 aromatic carbocycles. The van der Waals surface area contributed by atoms with E-state index in [0.717, 1.165) is 19.3 Å². The Labute approximate surface area is 128 Å². The maximum Gasteiger partial charge on any atom is 0.220 e. The average Bonchev–Trinajstić information content (AvgIpc) is 2.89. The number of hydrogen-bond acceptors (Lipinski definition) is 3. The van der Waals surface area contributed by atoms with Crippen molar-refractivity contribution in [1.29, 1.82) is 0 Å². The highest BCUT2D eigenvalue weighted by Crippen LogP contribution is 2.28. The Morgan fingerprint density at radius 3 is 2.86 bits per heavy atom. The van der Waals surface area contributed by atoms with Gasteiger partial charge in [0.2, 0.25) is 5.91 Å². The number of hydrogen-bond donors (Lipinski definition) is 2. The van der Waals surface area contributed by atoms with Gasteiger partial charge in [-0.3, -0.25) is 9.69 Å². The highest BCUT2D eigenvalue weighted by molar-refractivity contribution is 5.76. The van der Waals surface area contributed by atoms with Gasteiger partial charge < -0.3 is 11.1 Å². The van der Waals surface area contributed by atoms with Crippen LogP contribution in [0, 0.1) is 5.92 Å². The third-order valence-corrected chi connectivity index (χ3v) is 5.81. The molecule has 0 aromatic heterocycles. The molecular weight excluding hydrogens is 262 g/mol. The number of carbonyl (C=O) groups excluding carboxylic acids is 1. The van der Waals surface area contributed by atoms with Gasteiger partial charge in [0, 0.05) is 31.1 Å². The van der Waals surface area contributed by atoms with Crippen molar-refractivity contribution >= 4 is 5.91 Å². The quantitative estimate of drug-likeness (QED) is 0.834. The molecule has 2 heterocycles. The second-order valence-corrected chi connectivity index (χ2v) is 7.39. The number of nitrogens with one attached hydrogen (secondary N) is 1. The lowest BCUT2D eigenvalue weighted by Crippen LogP contribution is -2.46. The summed E-state index contributed by atoms with van der Waals surface area (Å²) in [6, 6.07) is 1.40. The van der Waals surface area contributed by atoms with Gasteiger partial charge in [-0.15, -0.1) is 0 Å². The van der Waals surface area contributed by atoms with Crippen molar-refractivity contribution in [3.05, 3.63) is 0 Å². The predicted octanol–water partition coefficient (Wildman–Crippen LogP) is 2.03. The first-order valence-corrected chi connectivity index (χ1v) is 9.01. The monoisotopic (exact) mass is 293 g/mol. The zero-order valence-electron chi connectivity index (χ0n) is 13.2. The summed E-state index contributed by atoms with van der Waals surface area (Å²) in [6.45, 7) is 2.41. The summed E-state index contributed by atoms with van der Waals surface area (Å²) in [5.41, 5.74) is 6.03. The minimum absolute atomic E-state index is 0.270. The lowest BCUT2D eigenvalue weighted by Gasteiger charge is -2.32. The smallest absolute Gasteiger partial charge is 0.220 e. The van der Waals surface area contributed by atoms with Gasteiger partial charge in [0.15, 0.2) is 0 Å². The molecule has 3 fully saturated rings. The number of nitrogens with two attached hydrogens (primary N) is 1. The van der Waals surface area contributed by atoms with Gasteiger partial charge in [-0.25, -0.2) is 0 Å². The third kappa shape index (κ3) is 3.98. The van der Waals surface area contributed by atoms with Gasteiger partial charge in [0.1, 0.15) is 0 Å². The molecule has 21 heavy (non-hydrogen) atoms. The van der Waals surface area contributed by atoms with Gasteiger partial charge in [0.05, 0.1) is 0 Å². The first kappa shape index (κ1) is 15.3. The first-order valence-electron chi connectivity index (χ1n) is 9.01. The fraction of sp³-hybridized carbons (Fsp3) is 0.941. The van der Waals surface area contributed by atoms with Crippen molar-refractivity contribution in [3.8, 4) is 0 Å². The van der Waals surface area contributed by atoms with E-state index in [-0.39, 0.29) is 5.91 Å². The van der Waals surface area contributed by atoms with Crippen LogP contribution in [0.4, 0.5) is 0 Å². The van der Waals surface area contributed by atoms with E-state index in [1.165, 1.54) is 51.6 Å². The maximum atomic E-state index is 12.2. The average molecular weight is 293 g/mol. The Morgan fingerprint density at radius 2 is 2.00 bits per heavy atom. The number of nitrogens with zero attached hydrogens (tertiary/aromatic N) is 1. The summed E-state index contributed by atoms with van der Waals surface area (Å²) in [5, 5.41) is 3.32. The van der Waals surface area contributed by atoms with Gasteiger partial charge in [-0.1, -0.05) is 19.3 Å². The van der Waals surface area contributed by atoms with Crippen LogP contribution in [0.1, 0.15) is 64.2 Å². The molecular formula is C17H31N3O. The van der Waals surface area contributed by atoms with Crippen molar-refractivity contribution in [2.24, 2.45) is 11.7 Å². The number of amides is 1. The standard InChI is InChI=1S/C17H31N3O/c18-14-5-3-4-13(12-14)7-8-17(21)19-15-9-11-20-10-2-1-6-16(15)20/h13-16H,1-12,18H2,(H,19,21).